The van der Waals surface area contributed by atoms with Crippen molar-refractivity contribution >= 4 is 11.9 Å². The molecule has 2 bridgehead atoms. The minimum atomic E-state index is -0.260. The first kappa shape index (κ1) is 12.5. The molecule has 0 heterocycles. The Labute approximate surface area is 112 Å². The van der Waals surface area contributed by atoms with Crippen LogP contribution in [0.1, 0.15) is 20.3 Å². The van der Waals surface area contributed by atoms with Crippen molar-refractivity contribution in [2.24, 2.45) is 23.2 Å². The highest BCUT2D eigenvalue weighted by molar-refractivity contribution is 5.67. The molecule has 1 saturated carbocycles. The van der Waals surface area contributed by atoms with Gasteiger partial charge in [0.15, 0.2) is 0 Å². The van der Waals surface area contributed by atoms with Gasteiger partial charge in [-0.05, 0) is 24.3 Å². The smallest absolute Gasteiger partial charge is 0.303 e. The molecule has 3 rings (SSSR count). The second-order valence-corrected chi connectivity index (χ2v) is 5.74. The largest absolute Gasteiger partial charge is 0.465 e. The third-order valence-electron chi connectivity index (χ3n) is 4.67. The van der Waals surface area contributed by atoms with Crippen molar-refractivity contribution < 1.29 is 19.1 Å². The van der Waals surface area contributed by atoms with Gasteiger partial charge >= 0.3 is 11.9 Å². The molecule has 0 unspecified atom stereocenters. The van der Waals surface area contributed by atoms with Crippen LogP contribution in [0.25, 0.3) is 0 Å². The number of carbonyl (C=O) groups is 2. The van der Waals surface area contributed by atoms with Crippen LogP contribution in [0.15, 0.2) is 24.3 Å². The van der Waals surface area contributed by atoms with E-state index in [1.165, 1.54) is 13.8 Å². The number of rotatable bonds is 3. The summed E-state index contributed by atoms with van der Waals surface area (Å²) in [5.41, 5.74) is -0.175. The summed E-state index contributed by atoms with van der Waals surface area (Å²) in [6, 6.07) is 0. The standard InChI is InChI=1S/C15H18O4/c1-9(16)18-8-15-6-5-13(19-10(2)17)14(15)11-3-4-12(15)7-11/h3-6,11-14H,7-8H2,1-2H3/t11-,12+,13+,14+,15-/m0/s1. The predicted molar refractivity (Wildman–Crippen MR) is 68.0 cm³/mol. The van der Waals surface area contributed by atoms with E-state index in [4.69, 9.17) is 9.47 Å². The van der Waals surface area contributed by atoms with Gasteiger partial charge in [0, 0.05) is 25.2 Å². The van der Waals surface area contributed by atoms with Crippen LogP contribution in [0.4, 0.5) is 0 Å². The fourth-order valence-corrected chi connectivity index (χ4v) is 4.00. The molecule has 1 fully saturated rings. The molecule has 0 spiro atoms. The molecule has 102 valence electrons. The number of esters is 2. The van der Waals surface area contributed by atoms with Crippen LogP contribution < -0.4 is 0 Å². The highest BCUT2D eigenvalue weighted by Gasteiger charge is 2.60. The van der Waals surface area contributed by atoms with Crippen LogP contribution in [0.3, 0.4) is 0 Å². The van der Waals surface area contributed by atoms with Crippen molar-refractivity contribution in [3.8, 4) is 0 Å². The zero-order valence-electron chi connectivity index (χ0n) is 11.2. The molecule has 0 radical (unpaired) electrons. The lowest BCUT2D eigenvalue weighted by Gasteiger charge is -2.37. The number of ether oxygens (including phenoxy) is 2. The van der Waals surface area contributed by atoms with E-state index in [-0.39, 0.29) is 29.4 Å². The summed E-state index contributed by atoms with van der Waals surface area (Å²) in [6.45, 7) is 3.24. The summed E-state index contributed by atoms with van der Waals surface area (Å²) in [4.78, 5) is 22.3. The van der Waals surface area contributed by atoms with Gasteiger partial charge in [0.1, 0.15) is 12.7 Å². The number of hydrogen-bond acceptors (Lipinski definition) is 4. The molecule has 0 aromatic rings. The molecule has 0 amide bonds. The monoisotopic (exact) mass is 262 g/mol. The highest BCUT2D eigenvalue weighted by Crippen LogP contribution is 2.61. The molecule has 3 aliphatic rings. The van der Waals surface area contributed by atoms with Crippen molar-refractivity contribution in [1.29, 1.82) is 0 Å². The van der Waals surface area contributed by atoms with Crippen LogP contribution in [0, 0.1) is 23.2 Å². The van der Waals surface area contributed by atoms with Gasteiger partial charge in [-0.1, -0.05) is 18.2 Å². The molecule has 0 N–H and O–H groups in total. The summed E-state index contributed by atoms with van der Waals surface area (Å²) in [5.74, 6) is 0.498. The van der Waals surface area contributed by atoms with E-state index >= 15 is 0 Å². The molecular weight excluding hydrogens is 244 g/mol. The van der Waals surface area contributed by atoms with E-state index in [1.54, 1.807) is 0 Å². The second kappa shape index (κ2) is 4.22. The molecule has 19 heavy (non-hydrogen) atoms. The van der Waals surface area contributed by atoms with Crippen LogP contribution >= 0.6 is 0 Å². The first-order valence-corrected chi connectivity index (χ1v) is 6.71. The topological polar surface area (TPSA) is 52.6 Å². The van der Waals surface area contributed by atoms with E-state index in [2.05, 4.69) is 18.2 Å². The van der Waals surface area contributed by atoms with Crippen LogP contribution in [-0.2, 0) is 19.1 Å². The molecule has 0 aliphatic heterocycles. The summed E-state index contributed by atoms with van der Waals surface area (Å²) < 4.78 is 10.7. The van der Waals surface area contributed by atoms with Crippen molar-refractivity contribution in [2.45, 2.75) is 26.4 Å². The third-order valence-corrected chi connectivity index (χ3v) is 4.67. The van der Waals surface area contributed by atoms with Gasteiger partial charge in [0.25, 0.3) is 0 Å². The first-order valence-electron chi connectivity index (χ1n) is 6.71. The number of allylic oxidation sites excluding steroid dienone is 2. The maximum atomic E-state index is 11.2. The highest BCUT2D eigenvalue weighted by atomic mass is 16.5. The second-order valence-electron chi connectivity index (χ2n) is 5.74. The summed E-state index contributed by atoms with van der Waals surface area (Å²) >= 11 is 0. The lowest BCUT2D eigenvalue weighted by atomic mass is 9.70. The Morgan fingerprint density at radius 3 is 2.68 bits per heavy atom. The normalized spacial score (nSPS) is 41.4. The average molecular weight is 262 g/mol. The Morgan fingerprint density at radius 2 is 2.00 bits per heavy atom. The minimum Gasteiger partial charge on any atom is -0.465 e. The Balaban J connectivity index is 1.85. The van der Waals surface area contributed by atoms with Crippen molar-refractivity contribution in [2.75, 3.05) is 6.61 Å². The minimum absolute atomic E-state index is 0.175. The Bertz CT molecular complexity index is 479. The third kappa shape index (κ3) is 1.81. The van der Waals surface area contributed by atoms with Crippen LogP contribution in [0.5, 0.6) is 0 Å². The lowest BCUT2D eigenvalue weighted by Crippen LogP contribution is -2.40. The Hall–Kier alpha value is -1.58. The molecule has 0 saturated heterocycles. The summed E-state index contributed by atoms with van der Waals surface area (Å²) in [7, 11) is 0. The van der Waals surface area contributed by atoms with Crippen molar-refractivity contribution in [3.63, 3.8) is 0 Å². The zero-order valence-corrected chi connectivity index (χ0v) is 11.2. The molecule has 5 atom stereocenters. The zero-order chi connectivity index (χ0) is 13.6. The fraction of sp³-hybridized carbons (Fsp3) is 0.600. The number of carbonyl (C=O) groups excluding carboxylic acids is 2. The lowest BCUT2D eigenvalue weighted by molar-refractivity contribution is -0.152. The Morgan fingerprint density at radius 1 is 1.21 bits per heavy atom. The quantitative estimate of drug-likeness (QED) is 0.575. The van der Waals surface area contributed by atoms with E-state index in [1.807, 2.05) is 6.08 Å². The van der Waals surface area contributed by atoms with Gasteiger partial charge in [0.05, 0.1) is 0 Å². The van der Waals surface area contributed by atoms with Gasteiger partial charge in [-0.15, -0.1) is 0 Å². The molecule has 0 aromatic heterocycles. The number of hydrogen-bond donors (Lipinski definition) is 0. The van der Waals surface area contributed by atoms with Gasteiger partial charge in [-0.3, -0.25) is 9.59 Å². The summed E-state index contributed by atoms with van der Waals surface area (Å²) in [6.07, 6.45) is 9.36. The fourth-order valence-electron chi connectivity index (χ4n) is 4.00. The van der Waals surface area contributed by atoms with E-state index < -0.39 is 0 Å². The molecule has 4 nitrogen and oxygen atoms in total. The first-order chi connectivity index (χ1) is 9.03. The summed E-state index contributed by atoms with van der Waals surface area (Å²) in [5, 5.41) is 0. The van der Waals surface area contributed by atoms with Gasteiger partial charge < -0.3 is 9.47 Å². The average Bonchev–Trinajstić information content (AvgIpc) is 2.98. The SMILES string of the molecule is CC(=O)OC[C@]12C=C[C@@H](OC(C)=O)[C@H]1[C@H]1C=C[C@@H]2C1. The van der Waals surface area contributed by atoms with E-state index in [9.17, 15) is 9.59 Å². The van der Waals surface area contributed by atoms with Crippen molar-refractivity contribution in [3.05, 3.63) is 24.3 Å². The maximum absolute atomic E-state index is 11.2. The molecule has 0 aromatic carbocycles. The number of fused-ring (bicyclic) bond motifs is 5. The van der Waals surface area contributed by atoms with Crippen LogP contribution in [-0.4, -0.2) is 24.6 Å². The van der Waals surface area contributed by atoms with Gasteiger partial charge in [-0.25, -0.2) is 0 Å². The van der Waals surface area contributed by atoms with E-state index in [0.29, 0.717) is 18.4 Å². The predicted octanol–water partition coefficient (Wildman–Crippen LogP) is 1.86. The van der Waals surface area contributed by atoms with Gasteiger partial charge in [-0.2, -0.15) is 0 Å². The molecule has 4 heteroatoms. The van der Waals surface area contributed by atoms with E-state index in [0.717, 1.165) is 6.42 Å². The van der Waals surface area contributed by atoms with Crippen LogP contribution in [0.2, 0.25) is 0 Å². The Kier molecular flexibility index (Phi) is 2.77. The molecular formula is C15H18O4. The van der Waals surface area contributed by atoms with Gasteiger partial charge in [0.2, 0.25) is 0 Å². The maximum Gasteiger partial charge on any atom is 0.303 e. The molecule has 3 aliphatic carbocycles. The van der Waals surface area contributed by atoms with Crippen molar-refractivity contribution in [1.82, 2.24) is 0 Å².